The number of likely N-dealkylation sites (tertiary alicyclic amines) is 1. The Morgan fingerprint density at radius 1 is 1.09 bits per heavy atom. The molecule has 1 aliphatic rings. The van der Waals surface area contributed by atoms with E-state index in [0.29, 0.717) is 18.7 Å². The highest BCUT2D eigenvalue weighted by atomic mass is 127. The lowest BCUT2D eigenvalue weighted by Crippen LogP contribution is -2.39. The molecule has 1 aliphatic heterocycles. The molecule has 0 radical (unpaired) electrons. The Kier molecular flexibility index (Phi) is 8.98. The molecule has 0 atom stereocenters. The van der Waals surface area contributed by atoms with Crippen molar-refractivity contribution in [2.75, 3.05) is 26.2 Å². The summed E-state index contributed by atoms with van der Waals surface area (Å²) in [7, 11) is 0. The van der Waals surface area contributed by atoms with Gasteiger partial charge in [-0.2, -0.15) is 0 Å². The highest BCUT2D eigenvalue weighted by molar-refractivity contribution is 14.0. The number of aliphatic imine (C=N–C) groups is 1. The molecule has 1 amide bonds. The number of nitrogens with one attached hydrogen (secondary N) is 2. The minimum atomic E-state index is -0.0250. The van der Waals surface area contributed by atoms with E-state index in [1.165, 1.54) is 12.8 Å². The topological polar surface area (TPSA) is 56.7 Å². The van der Waals surface area contributed by atoms with E-state index in [-0.39, 0.29) is 29.9 Å². The van der Waals surface area contributed by atoms with Gasteiger partial charge in [0, 0.05) is 31.7 Å². The molecule has 0 saturated carbocycles. The van der Waals surface area contributed by atoms with Crippen LogP contribution < -0.4 is 10.6 Å². The summed E-state index contributed by atoms with van der Waals surface area (Å²) in [6.07, 6.45) is 2.48. The predicted octanol–water partition coefficient (Wildman–Crippen LogP) is 2.62. The lowest BCUT2D eigenvalue weighted by molar-refractivity contribution is 0.0956. The number of halogens is 1. The number of benzene rings is 1. The number of nitrogens with zero attached hydrogens (tertiary/aromatic N) is 2. The molecule has 0 spiro atoms. The molecule has 0 aromatic heterocycles. The van der Waals surface area contributed by atoms with Crippen LogP contribution in [0.2, 0.25) is 0 Å². The van der Waals surface area contributed by atoms with Gasteiger partial charge in [0.15, 0.2) is 5.96 Å². The summed E-state index contributed by atoms with van der Waals surface area (Å²) in [5.74, 6) is 0.968. The van der Waals surface area contributed by atoms with Crippen molar-refractivity contribution < 1.29 is 4.79 Å². The fourth-order valence-electron chi connectivity index (χ4n) is 2.55. The number of guanidine groups is 1. The van der Waals surface area contributed by atoms with Gasteiger partial charge in [0.2, 0.25) is 0 Å². The zero-order valence-corrected chi connectivity index (χ0v) is 16.3. The smallest absolute Gasteiger partial charge is 0.251 e. The first-order valence-corrected chi connectivity index (χ1v) is 8.15. The maximum Gasteiger partial charge on any atom is 0.251 e. The van der Waals surface area contributed by atoms with Crippen LogP contribution in [0.4, 0.5) is 0 Å². The lowest BCUT2D eigenvalue weighted by Gasteiger charge is -2.20. The van der Waals surface area contributed by atoms with Crippen LogP contribution in [0.15, 0.2) is 29.3 Å². The Morgan fingerprint density at radius 3 is 2.26 bits per heavy atom. The van der Waals surface area contributed by atoms with E-state index in [1.807, 2.05) is 31.2 Å². The maximum atomic E-state index is 11.7. The van der Waals surface area contributed by atoms with Crippen molar-refractivity contribution in [2.24, 2.45) is 4.99 Å². The number of carbonyl (C=O) groups is 1. The highest BCUT2D eigenvalue weighted by Crippen LogP contribution is 2.10. The Hall–Kier alpha value is -1.31. The van der Waals surface area contributed by atoms with Gasteiger partial charge in [0.25, 0.3) is 5.91 Å². The average Bonchev–Trinajstić information content (AvgIpc) is 3.06. The van der Waals surface area contributed by atoms with E-state index in [0.717, 1.165) is 31.2 Å². The molecule has 23 heavy (non-hydrogen) atoms. The van der Waals surface area contributed by atoms with Gasteiger partial charge in [0.05, 0.1) is 6.54 Å². The second-order valence-electron chi connectivity index (χ2n) is 5.42. The van der Waals surface area contributed by atoms with E-state index in [9.17, 15) is 4.79 Å². The van der Waals surface area contributed by atoms with Crippen LogP contribution in [0.5, 0.6) is 0 Å². The molecule has 2 rings (SSSR count). The van der Waals surface area contributed by atoms with Crippen molar-refractivity contribution >= 4 is 35.8 Å². The maximum absolute atomic E-state index is 11.7. The van der Waals surface area contributed by atoms with Crippen molar-refractivity contribution in [3.05, 3.63) is 35.4 Å². The Morgan fingerprint density at radius 2 is 1.70 bits per heavy atom. The van der Waals surface area contributed by atoms with E-state index in [1.54, 1.807) is 0 Å². The largest absolute Gasteiger partial charge is 0.357 e. The fraction of sp³-hybridized carbons (Fsp3) is 0.529. The van der Waals surface area contributed by atoms with Gasteiger partial charge in [-0.05, 0) is 44.4 Å². The zero-order valence-electron chi connectivity index (χ0n) is 14.0. The summed E-state index contributed by atoms with van der Waals surface area (Å²) in [5.41, 5.74) is 1.81. The van der Waals surface area contributed by atoms with Crippen LogP contribution >= 0.6 is 24.0 Å². The Bertz CT molecular complexity index is 510. The normalized spacial score (nSPS) is 14.3. The van der Waals surface area contributed by atoms with E-state index in [2.05, 4.69) is 22.5 Å². The number of hydrogen-bond acceptors (Lipinski definition) is 2. The van der Waals surface area contributed by atoms with Crippen molar-refractivity contribution in [3.63, 3.8) is 0 Å². The first kappa shape index (κ1) is 19.7. The molecule has 128 valence electrons. The lowest BCUT2D eigenvalue weighted by atomic mass is 10.1. The first-order chi connectivity index (χ1) is 10.7. The van der Waals surface area contributed by atoms with Crippen molar-refractivity contribution in [1.29, 1.82) is 0 Å². The fourth-order valence-corrected chi connectivity index (χ4v) is 2.55. The zero-order chi connectivity index (χ0) is 15.8. The molecular weight excluding hydrogens is 403 g/mol. The second kappa shape index (κ2) is 10.5. The molecule has 1 aromatic rings. The van der Waals surface area contributed by atoms with Gasteiger partial charge in [0.1, 0.15) is 0 Å². The van der Waals surface area contributed by atoms with Crippen molar-refractivity contribution in [3.8, 4) is 0 Å². The average molecular weight is 430 g/mol. The van der Waals surface area contributed by atoms with Gasteiger partial charge < -0.3 is 15.5 Å². The van der Waals surface area contributed by atoms with E-state index in [4.69, 9.17) is 4.99 Å². The summed E-state index contributed by atoms with van der Waals surface area (Å²) in [5, 5.41) is 6.16. The molecule has 0 unspecified atom stereocenters. The standard InChI is InChI=1S/C17H26N4O.HI/c1-3-18-16(22)15-9-7-14(8-10-15)13-20-17(19-4-2)21-11-5-6-12-21;/h7-10H,3-6,11-13H2,1-2H3,(H,18,22)(H,19,20);1H. The van der Waals surface area contributed by atoms with Crippen LogP contribution in [-0.2, 0) is 6.54 Å². The first-order valence-electron chi connectivity index (χ1n) is 8.15. The van der Waals surface area contributed by atoms with Crippen molar-refractivity contribution in [2.45, 2.75) is 33.2 Å². The summed E-state index contributed by atoms with van der Waals surface area (Å²) >= 11 is 0. The van der Waals surface area contributed by atoms with E-state index < -0.39 is 0 Å². The molecule has 1 heterocycles. The molecular formula is C17H27IN4O. The number of hydrogen-bond donors (Lipinski definition) is 2. The highest BCUT2D eigenvalue weighted by Gasteiger charge is 2.15. The van der Waals surface area contributed by atoms with Crippen LogP contribution in [0.1, 0.15) is 42.6 Å². The van der Waals surface area contributed by atoms with E-state index >= 15 is 0 Å². The summed E-state index contributed by atoms with van der Waals surface area (Å²) < 4.78 is 0. The van der Waals surface area contributed by atoms with Gasteiger partial charge >= 0.3 is 0 Å². The third kappa shape index (κ3) is 6.01. The minimum Gasteiger partial charge on any atom is -0.357 e. The van der Waals surface area contributed by atoms with Gasteiger partial charge in [-0.25, -0.2) is 4.99 Å². The third-order valence-corrected chi connectivity index (χ3v) is 3.71. The van der Waals surface area contributed by atoms with Crippen LogP contribution in [0.25, 0.3) is 0 Å². The van der Waals surface area contributed by atoms with Crippen molar-refractivity contribution in [1.82, 2.24) is 15.5 Å². The Labute approximate surface area is 156 Å². The SMILES string of the molecule is CCNC(=O)c1ccc(CN=C(NCC)N2CCCC2)cc1.I. The van der Waals surface area contributed by atoms with Crippen LogP contribution in [-0.4, -0.2) is 42.9 Å². The quantitative estimate of drug-likeness (QED) is 0.429. The molecule has 5 nitrogen and oxygen atoms in total. The van der Waals surface area contributed by atoms with Gasteiger partial charge in [-0.15, -0.1) is 24.0 Å². The summed E-state index contributed by atoms with van der Waals surface area (Å²) in [6, 6.07) is 7.67. The molecule has 2 N–H and O–H groups in total. The van der Waals surface area contributed by atoms with Gasteiger partial charge in [-0.1, -0.05) is 12.1 Å². The molecule has 0 bridgehead atoms. The molecule has 6 heteroatoms. The minimum absolute atomic E-state index is 0. The number of rotatable bonds is 5. The predicted molar refractivity (Wildman–Crippen MR) is 105 cm³/mol. The Balaban J connectivity index is 0.00000264. The van der Waals surface area contributed by atoms with Crippen LogP contribution in [0, 0.1) is 0 Å². The molecule has 1 saturated heterocycles. The van der Waals surface area contributed by atoms with Gasteiger partial charge in [-0.3, -0.25) is 4.79 Å². The molecule has 1 aromatic carbocycles. The summed E-state index contributed by atoms with van der Waals surface area (Å²) in [6.45, 7) is 8.34. The monoisotopic (exact) mass is 430 g/mol. The molecule has 0 aliphatic carbocycles. The number of carbonyl (C=O) groups excluding carboxylic acids is 1. The third-order valence-electron chi connectivity index (χ3n) is 3.71. The molecule has 1 fully saturated rings. The number of amides is 1. The van der Waals surface area contributed by atoms with Crippen LogP contribution in [0.3, 0.4) is 0 Å². The second-order valence-corrected chi connectivity index (χ2v) is 5.42. The summed E-state index contributed by atoms with van der Waals surface area (Å²) in [4.78, 5) is 18.7.